The Hall–Kier alpha value is -2.42. The number of hydrogen-bond acceptors (Lipinski definition) is 6. The lowest BCUT2D eigenvalue weighted by Crippen LogP contribution is -2.50. The Morgan fingerprint density at radius 3 is 2.74 bits per heavy atom. The quantitative estimate of drug-likeness (QED) is 0.389. The highest BCUT2D eigenvalue weighted by Gasteiger charge is 2.36. The van der Waals surface area contributed by atoms with E-state index in [1.807, 2.05) is 29.9 Å². The van der Waals surface area contributed by atoms with E-state index in [0.717, 1.165) is 78.5 Å². The largest absolute Gasteiger partial charge is 0.481 e. The number of aliphatic carboxylic acids is 1. The number of carboxylic acids is 1. The molecule has 5 rings (SSSR count). The highest BCUT2D eigenvalue weighted by Crippen LogP contribution is 2.33. The van der Waals surface area contributed by atoms with Gasteiger partial charge in [0.15, 0.2) is 5.65 Å². The van der Waals surface area contributed by atoms with Gasteiger partial charge in [0.25, 0.3) is 0 Å². The van der Waals surface area contributed by atoms with Crippen LogP contribution in [0.1, 0.15) is 75.2 Å². The summed E-state index contributed by atoms with van der Waals surface area (Å²) in [4.78, 5) is 26.0. The molecule has 2 saturated heterocycles. The molecule has 1 N–H and O–H groups in total. The minimum Gasteiger partial charge on any atom is -0.481 e. The van der Waals surface area contributed by atoms with Crippen molar-refractivity contribution in [2.75, 3.05) is 18.0 Å². The van der Waals surface area contributed by atoms with Crippen LogP contribution in [-0.4, -0.2) is 66.9 Å². The van der Waals surface area contributed by atoms with Gasteiger partial charge >= 0.3 is 5.97 Å². The lowest BCUT2D eigenvalue weighted by molar-refractivity contribution is -0.137. The SMILES string of the molecule is Cc1cc(Cl)ccc1C(C)n1nc(C)c2ncc(N3CCC(N4CCCC4CCC(=O)O)CC3C)nc21.Cl. The topological polar surface area (TPSA) is 87.4 Å². The Labute approximate surface area is 235 Å². The number of aryl methyl sites for hydroxylation is 2. The molecule has 3 aromatic rings. The molecule has 4 heterocycles. The number of benzene rings is 1. The van der Waals surface area contributed by atoms with Crippen LogP contribution >= 0.6 is 24.0 Å². The van der Waals surface area contributed by atoms with E-state index in [9.17, 15) is 4.79 Å². The maximum absolute atomic E-state index is 11.1. The normalized spacial score (nSPS) is 23.0. The van der Waals surface area contributed by atoms with Gasteiger partial charge in [-0.3, -0.25) is 9.69 Å². The van der Waals surface area contributed by atoms with Crippen LogP contribution in [0.25, 0.3) is 11.2 Å². The summed E-state index contributed by atoms with van der Waals surface area (Å²) in [5.41, 5.74) is 4.81. The molecule has 2 aromatic heterocycles. The Morgan fingerprint density at radius 1 is 1.24 bits per heavy atom. The van der Waals surface area contributed by atoms with E-state index in [2.05, 4.69) is 36.6 Å². The highest BCUT2D eigenvalue weighted by atomic mass is 35.5. The number of likely N-dealkylation sites (tertiary alicyclic amines) is 1. The predicted octanol–water partition coefficient (Wildman–Crippen LogP) is 5.81. The van der Waals surface area contributed by atoms with Crippen molar-refractivity contribution in [3.05, 3.63) is 46.2 Å². The van der Waals surface area contributed by atoms with Gasteiger partial charge in [-0.15, -0.1) is 12.4 Å². The molecule has 1 aromatic carbocycles. The molecule has 10 heteroatoms. The van der Waals surface area contributed by atoms with E-state index in [1.54, 1.807) is 0 Å². The van der Waals surface area contributed by atoms with Gasteiger partial charge in [-0.1, -0.05) is 17.7 Å². The van der Waals surface area contributed by atoms with Crippen LogP contribution < -0.4 is 4.90 Å². The fourth-order valence-electron chi connectivity index (χ4n) is 6.42. The van der Waals surface area contributed by atoms with E-state index in [-0.39, 0.29) is 24.9 Å². The maximum Gasteiger partial charge on any atom is 0.303 e. The molecule has 8 nitrogen and oxygen atoms in total. The van der Waals surface area contributed by atoms with Crippen molar-refractivity contribution in [3.8, 4) is 0 Å². The number of halogens is 2. The Bertz CT molecular complexity index is 1300. The van der Waals surface area contributed by atoms with Gasteiger partial charge < -0.3 is 10.0 Å². The number of hydrogen-bond donors (Lipinski definition) is 1. The zero-order chi connectivity index (χ0) is 26.3. The second-order valence-electron chi connectivity index (χ2n) is 10.8. The lowest BCUT2D eigenvalue weighted by atomic mass is 9.95. The molecular weight excluding hydrogens is 523 g/mol. The summed E-state index contributed by atoms with van der Waals surface area (Å²) in [7, 11) is 0. The summed E-state index contributed by atoms with van der Waals surface area (Å²) in [6.07, 6.45) is 7.26. The average molecular weight is 562 g/mol. The molecule has 0 amide bonds. The zero-order valence-corrected chi connectivity index (χ0v) is 24.2. The number of nitrogens with zero attached hydrogens (tertiary/aromatic N) is 6. The van der Waals surface area contributed by atoms with Crippen molar-refractivity contribution in [2.24, 2.45) is 0 Å². The van der Waals surface area contributed by atoms with Crippen LogP contribution in [0.5, 0.6) is 0 Å². The smallest absolute Gasteiger partial charge is 0.303 e. The highest BCUT2D eigenvalue weighted by molar-refractivity contribution is 6.30. The van der Waals surface area contributed by atoms with Crippen LogP contribution in [0.3, 0.4) is 0 Å². The van der Waals surface area contributed by atoms with Gasteiger partial charge in [0.05, 0.1) is 17.9 Å². The van der Waals surface area contributed by atoms with Crippen LogP contribution in [0.4, 0.5) is 5.82 Å². The number of fused-ring (bicyclic) bond motifs is 1. The van der Waals surface area contributed by atoms with Crippen LogP contribution in [-0.2, 0) is 4.79 Å². The molecule has 2 aliphatic heterocycles. The minimum atomic E-state index is -0.695. The number of carbonyl (C=O) groups is 1. The van der Waals surface area contributed by atoms with Crippen molar-refractivity contribution in [3.63, 3.8) is 0 Å². The van der Waals surface area contributed by atoms with Gasteiger partial charge in [0.1, 0.15) is 11.3 Å². The van der Waals surface area contributed by atoms with Gasteiger partial charge in [-0.25, -0.2) is 14.6 Å². The third-order valence-electron chi connectivity index (χ3n) is 8.33. The summed E-state index contributed by atoms with van der Waals surface area (Å²) < 4.78 is 1.99. The van der Waals surface area contributed by atoms with Crippen molar-refractivity contribution < 1.29 is 9.90 Å². The summed E-state index contributed by atoms with van der Waals surface area (Å²) in [5.74, 6) is 0.197. The molecule has 38 heavy (non-hydrogen) atoms. The summed E-state index contributed by atoms with van der Waals surface area (Å²) in [6.45, 7) is 10.5. The summed E-state index contributed by atoms with van der Waals surface area (Å²) in [5, 5.41) is 14.7. The molecular formula is C28H38Cl2N6O2. The van der Waals surface area contributed by atoms with Crippen molar-refractivity contribution in [1.82, 2.24) is 24.6 Å². The minimum absolute atomic E-state index is 0. The molecule has 0 spiro atoms. The zero-order valence-electron chi connectivity index (χ0n) is 22.6. The van der Waals surface area contributed by atoms with Crippen LogP contribution in [0, 0.1) is 13.8 Å². The Kier molecular flexibility index (Phi) is 8.85. The van der Waals surface area contributed by atoms with Gasteiger partial charge in [-0.2, -0.15) is 5.10 Å². The standard InChI is InChI=1S/C28H37ClN6O2.ClH/c1-17-14-21(29)7-9-24(17)20(4)35-28-27(19(3)32-35)30-16-25(31-28)33-13-11-23(15-18(33)2)34-12-5-6-22(34)8-10-26(36)37;/h7,9,14,16,18,20,22-23H,5-6,8,10-13,15H2,1-4H3,(H,36,37);1H. The fraction of sp³-hybridized carbons (Fsp3) is 0.571. The molecule has 0 saturated carbocycles. The third-order valence-corrected chi connectivity index (χ3v) is 8.57. The second kappa shape index (κ2) is 11.8. The number of aromatic nitrogens is 4. The van der Waals surface area contributed by atoms with Crippen molar-refractivity contribution in [2.45, 2.75) is 90.4 Å². The third kappa shape index (κ3) is 5.63. The Morgan fingerprint density at radius 2 is 2.03 bits per heavy atom. The number of piperidine rings is 1. The Balaban J connectivity index is 0.00000336. The molecule has 2 aliphatic rings. The van der Waals surface area contributed by atoms with E-state index in [0.29, 0.717) is 18.1 Å². The van der Waals surface area contributed by atoms with E-state index < -0.39 is 5.97 Å². The molecule has 0 radical (unpaired) electrons. The molecule has 4 unspecified atom stereocenters. The predicted molar refractivity (Wildman–Crippen MR) is 154 cm³/mol. The van der Waals surface area contributed by atoms with Crippen LogP contribution in [0.15, 0.2) is 24.4 Å². The molecule has 0 aliphatic carbocycles. The van der Waals surface area contributed by atoms with Crippen LogP contribution in [0.2, 0.25) is 5.02 Å². The second-order valence-corrected chi connectivity index (χ2v) is 11.2. The summed E-state index contributed by atoms with van der Waals surface area (Å²) >= 11 is 6.20. The van der Waals surface area contributed by atoms with E-state index in [1.165, 1.54) is 5.56 Å². The van der Waals surface area contributed by atoms with Crippen molar-refractivity contribution >= 4 is 47.0 Å². The van der Waals surface area contributed by atoms with Gasteiger partial charge in [0.2, 0.25) is 0 Å². The average Bonchev–Trinajstić information content (AvgIpc) is 3.46. The number of rotatable bonds is 7. The molecule has 206 valence electrons. The van der Waals surface area contributed by atoms with Gasteiger partial charge in [-0.05, 0) is 89.6 Å². The number of carboxylic acid groups (broad SMARTS) is 1. The first-order valence-corrected chi connectivity index (χ1v) is 13.8. The van der Waals surface area contributed by atoms with E-state index in [4.69, 9.17) is 31.8 Å². The fourth-order valence-corrected chi connectivity index (χ4v) is 6.64. The molecule has 0 bridgehead atoms. The van der Waals surface area contributed by atoms with E-state index >= 15 is 0 Å². The maximum atomic E-state index is 11.1. The van der Waals surface area contributed by atoms with Gasteiger partial charge in [0, 0.05) is 36.1 Å². The first-order chi connectivity index (χ1) is 17.7. The van der Waals surface area contributed by atoms with Crippen molar-refractivity contribution in [1.29, 1.82) is 0 Å². The number of anilines is 1. The first-order valence-electron chi connectivity index (χ1n) is 13.4. The summed E-state index contributed by atoms with van der Waals surface area (Å²) in [6, 6.07) is 7.18. The monoisotopic (exact) mass is 560 g/mol. The molecule has 4 atom stereocenters. The first kappa shape index (κ1) is 28.6. The lowest BCUT2D eigenvalue weighted by Gasteiger charge is -2.43. The molecule has 2 fully saturated rings.